The van der Waals surface area contributed by atoms with Crippen molar-refractivity contribution in [3.8, 4) is 0 Å². The molecule has 0 saturated heterocycles. The third kappa shape index (κ3) is 5.53. The maximum atomic E-state index is 12.9. The fourth-order valence-electron chi connectivity index (χ4n) is 4.65. The second-order valence-corrected chi connectivity index (χ2v) is 15.9. The fraction of sp³-hybridized carbons (Fsp3) is 0.375. The lowest BCUT2D eigenvalue weighted by molar-refractivity contribution is -0.132. The van der Waals surface area contributed by atoms with Gasteiger partial charge in [-0.1, -0.05) is 105 Å². The molecule has 0 amide bonds. The van der Waals surface area contributed by atoms with E-state index < -0.39 is 34.1 Å². The van der Waals surface area contributed by atoms with Gasteiger partial charge in [-0.15, -0.1) is 0 Å². The standard InChI is InChI=1S/C24H32O5SSi/c1-19(23(25)26)13-11-12-18-22(30(27,28)29)31(24(2,3)4,20-14-7-5-8-15-20)21-16-9-6-10-17-21/h5-10,14-17,22H,1,11-13,18H2,2-4H3,(H,25,26)(H,27,28,29). The van der Waals surface area contributed by atoms with Gasteiger partial charge >= 0.3 is 5.97 Å². The molecule has 168 valence electrons. The van der Waals surface area contributed by atoms with Gasteiger partial charge in [0.05, 0.1) is 4.87 Å². The molecular formula is C24H32O5SSi. The molecule has 2 N–H and O–H groups in total. The van der Waals surface area contributed by atoms with Crippen molar-refractivity contribution in [3.05, 3.63) is 72.8 Å². The van der Waals surface area contributed by atoms with Crippen LogP contribution in [0.4, 0.5) is 0 Å². The molecule has 5 nitrogen and oxygen atoms in total. The third-order valence-electron chi connectivity index (χ3n) is 5.98. The molecule has 0 aromatic heterocycles. The average Bonchev–Trinajstić information content (AvgIpc) is 2.69. The summed E-state index contributed by atoms with van der Waals surface area (Å²) in [4.78, 5) is 10.0. The molecule has 2 aromatic rings. The minimum Gasteiger partial charge on any atom is -0.478 e. The Morgan fingerprint density at radius 2 is 1.42 bits per heavy atom. The first-order valence-electron chi connectivity index (χ1n) is 10.4. The van der Waals surface area contributed by atoms with Gasteiger partial charge in [-0.3, -0.25) is 4.55 Å². The van der Waals surface area contributed by atoms with E-state index in [4.69, 9.17) is 5.11 Å². The summed E-state index contributed by atoms with van der Waals surface area (Å²) >= 11 is 0. The average molecular weight is 461 g/mol. The van der Waals surface area contributed by atoms with E-state index in [1.807, 2.05) is 81.4 Å². The molecule has 0 aliphatic heterocycles. The van der Waals surface area contributed by atoms with Gasteiger partial charge in [-0.25, -0.2) is 4.79 Å². The van der Waals surface area contributed by atoms with Crippen molar-refractivity contribution in [2.75, 3.05) is 0 Å². The lowest BCUT2D eigenvalue weighted by Crippen LogP contribution is -2.73. The highest BCUT2D eigenvalue weighted by Crippen LogP contribution is 2.41. The zero-order valence-electron chi connectivity index (χ0n) is 18.4. The highest BCUT2D eigenvalue weighted by Gasteiger charge is 2.57. The van der Waals surface area contributed by atoms with Crippen molar-refractivity contribution in [1.82, 2.24) is 0 Å². The quantitative estimate of drug-likeness (QED) is 0.242. The van der Waals surface area contributed by atoms with Crippen LogP contribution >= 0.6 is 0 Å². The predicted octanol–water partition coefficient (Wildman–Crippen LogP) is 4.05. The number of carboxylic acid groups (broad SMARTS) is 1. The fourth-order valence-corrected chi connectivity index (χ4v) is 14.6. The molecule has 0 spiro atoms. The molecular weight excluding hydrogens is 428 g/mol. The van der Waals surface area contributed by atoms with E-state index in [0.29, 0.717) is 12.8 Å². The first-order chi connectivity index (χ1) is 14.4. The molecule has 2 rings (SSSR count). The molecule has 1 unspecified atom stereocenters. The highest BCUT2D eigenvalue weighted by atomic mass is 32.2. The van der Waals surface area contributed by atoms with Gasteiger partial charge in [0.15, 0.2) is 0 Å². The molecule has 7 heteroatoms. The monoisotopic (exact) mass is 460 g/mol. The molecule has 0 radical (unpaired) electrons. The van der Waals surface area contributed by atoms with Gasteiger partial charge in [0.1, 0.15) is 8.07 Å². The van der Waals surface area contributed by atoms with Gasteiger partial charge < -0.3 is 5.11 Å². The van der Waals surface area contributed by atoms with E-state index >= 15 is 0 Å². The topological polar surface area (TPSA) is 91.7 Å². The first kappa shape index (κ1) is 25.0. The summed E-state index contributed by atoms with van der Waals surface area (Å²) in [6.45, 7) is 9.68. The number of unbranched alkanes of at least 4 members (excludes halogenated alkanes) is 1. The maximum absolute atomic E-state index is 12.9. The van der Waals surface area contributed by atoms with Crippen molar-refractivity contribution < 1.29 is 22.9 Å². The Kier molecular flexibility index (Phi) is 8.02. The summed E-state index contributed by atoms with van der Waals surface area (Å²) < 4.78 is 36.3. The second-order valence-electron chi connectivity index (χ2n) is 8.95. The summed E-state index contributed by atoms with van der Waals surface area (Å²) in [6.07, 6.45) is 1.50. The van der Waals surface area contributed by atoms with Crippen molar-refractivity contribution in [2.24, 2.45) is 0 Å². The molecule has 0 aliphatic carbocycles. The SMILES string of the molecule is C=C(CCCCC([Si](c1ccccc1)(c1ccccc1)C(C)(C)C)S(=O)(=O)O)C(=O)O. The smallest absolute Gasteiger partial charge is 0.330 e. The van der Waals surface area contributed by atoms with E-state index in [1.54, 1.807) is 0 Å². The van der Waals surface area contributed by atoms with Gasteiger partial charge in [0.25, 0.3) is 10.1 Å². The summed E-state index contributed by atoms with van der Waals surface area (Å²) in [5.41, 5.74) is 0.105. The lowest BCUT2D eigenvalue weighted by Gasteiger charge is -2.48. The van der Waals surface area contributed by atoms with Crippen LogP contribution in [0.15, 0.2) is 72.8 Å². The van der Waals surface area contributed by atoms with E-state index in [0.717, 1.165) is 10.4 Å². The van der Waals surface area contributed by atoms with Gasteiger partial charge in [-0.2, -0.15) is 8.42 Å². The summed E-state index contributed by atoms with van der Waals surface area (Å²) in [6, 6.07) is 19.3. The largest absolute Gasteiger partial charge is 0.478 e. The molecule has 31 heavy (non-hydrogen) atoms. The number of aliphatic carboxylic acids is 1. The van der Waals surface area contributed by atoms with Crippen molar-refractivity contribution in [2.45, 2.75) is 56.4 Å². The number of rotatable bonds is 10. The van der Waals surface area contributed by atoms with E-state index in [1.165, 1.54) is 0 Å². The normalized spacial score (nSPS) is 13.5. The van der Waals surface area contributed by atoms with E-state index in [-0.39, 0.29) is 18.4 Å². The van der Waals surface area contributed by atoms with E-state index in [9.17, 15) is 17.8 Å². The predicted molar refractivity (Wildman–Crippen MR) is 128 cm³/mol. The number of benzene rings is 2. The van der Waals surface area contributed by atoms with Gasteiger partial charge in [0, 0.05) is 5.57 Å². The Morgan fingerprint density at radius 3 is 1.77 bits per heavy atom. The number of hydrogen-bond acceptors (Lipinski definition) is 3. The van der Waals surface area contributed by atoms with Crippen molar-refractivity contribution in [3.63, 3.8) is 0 Å². The minimum atomic E-state index is -4.40. The minimum absolute atomic E-state index is 0.105. The van der Waals surface area contributed by atoms with Crippen molar-refractivity contribution in [1.29, 1.82) is 0 Å². The zero-order chi connectivity index (χ0) is 23.3. The Hall–Kier alpha value is -2.22. The van der Waals surface area contributed by atoms with Crippen LogP contribution in [-0.4, -0.2) is 37.0 Å². The second kappa shape index (κ2) is 9.93. The maximum Gasteiger partial charge on any atom is 0.330 e. The Morgan fingerprint density at radius 1 is 0.968 bits per heavy atom. The Labute approximate surface area is 186 Å². The molecule has 0 fully saturated rings. The third-order valence-corrected chi connectivity index (χ3v) is 15.0. The highest BCUT2D eigenvalue weighted by molar-refractivity contribution is 7.89. The van der Waals surface area contributed by atoms with Crippen LogP contribution in [0.2, 0.25) is 5.04 Å². The van der Waals surface area contributed by atoms with Crippen LogP contribution in [0.25, 0.3) is 0 Å². The molecule has 0 saturated carbocycles. The first-order valence-corrected chi connectivity index (χ1v) is 14.0. The number of carbonyl (C=O) groups is 1. The van der Waals surface area contributed by atoms with Crippen LogP contribution in [0, 0.1) is 0 Å². The zero-order valence-corrected chi connectivity index (χ0v) is 20.2. The van der Waals surface area contributed by atoms with Crippen LogP contribution in [0.1, 0.15) is 46.5 Å². The molecule has 0 aliphatic rings. The van der Waals surface area contributed by atoms with Crippen LogP contribution < -0.4 is 10.4 Å². The van der Waals surface area contributed by atoms with Crippen LogP contribution in [0.3, 0.4) is 0 Å². The molecule has 0 heterocycles. The summed E-state index contributed by atoms with van der Waals surface area (Å²) in [7, 11) is -7.49. The molecule has 2 aromatic carbocycles. The summed E-state index contributed by atoms with van der Waals surface area (Å²) in [5, 5.41) is 10.5. The lowest BCUT2D eigenvalue weighted by atomic mass is 10.1. The summed E-state index contributed by atoms with van der Waals surface area (Å²) in [5.74, 6) is -1.04. The Bertz CT molecular complexity index is 956. The van der Waals surface area contributed by atoms with Crippen LogP contribution in [0.5, 0.6) is 0 Å². The number of carboxylic acids is 1. The van der Waals surface area contributed by atoms with Gasteiger partial charge in [-0.05, 0) is 24.3 Å². The van der Waals surface area contributed by atoms with E-state index in [2.05, 4.69) is 6.58 Å². The molecule has 0 bridgehead atoms. The molecule has 1 atom stereocenters. The van der Waals surface area contributed by atoms with Gasteiger partial charge in [0.2, 0.25) is 0 Å². The Balaban J connectivity index is 2.63. The number of hydrogen-bond donors (Lipinski definition) is 2. The van der Waals surface area contributed by atoms with Crippen molar-refractivity contribution >= 4 is 34.5 Å². The van der Waals surface area contributed by atoms with Crippen LogP contribution in [-0.2, 0) is 14.9 Å².